The largest absolute Gasteiger partial charge is 0.395 e. The molecule has 7 heteroatoms. The van der Waals surface area contributed by atoms with Crippen LogP contribution in [0.1, 0.15) is 46.0 Å². The molecule has 1 atom stereocenters. The van der Waals surface area contributed by atoms with E-state index in [9.17, 15) is 4.79 Å². The number of thiazole rings is 1. The first-order chi connectivity index (χ1) is 9.43. The molecule has 0 radical (unpaired) electrons. The molecular formula is C13H19N5OS. The predicted octanol–water partition coefficient (Wildman–Crippen LogP) is 1.82. The molecule has 0 fully saturated rings. The monoisotopic (exact) mass is 293 g/mol. The van der Waals surface area contributed by atoms with Crippen LogP contribution in [-0.4, -0.2) is 20.7 Å². The van der Waals surface area contributed by atoms with Crippen molar-refractivity contribution in [3.63, 3.8) is 0 Å². The van der Waals surface area contributed by atoms with Crippen molar-refractivity contribution in [3.8, 4) is 0 Å². The molecule has 2 aromatic heterocycles. The van der Waals surface area contributed by atoms with Crippen molar-refractivity contribution >= 4 is 22.9 Å². The Balaban J connectivity index is 2.15. The smallest absolute Gasteiger partial charge is 0.272 e. The van der Waals surface area contributed by atoms with Crippen LogP contribution in [-0.2, 0) is 13.5 Å². The number of nitrogens with zero attached hydrogens (tertiary/aromatic N) is 3. The minimum Gasteiger partial charge on any atom is -0.395 e. The second-order valence-electron chi connectivity index (χ2n) is 4.68. The molecule has 0 bridgehead atoms. The maximum absolute atomic E-state index is 12.3. The van der Waals surface area contributed by atoms with Gasteiger partial charge in [0.2, 0.25) is 0 Å². The lowest BCUT2D eigenvalue weighted by Crippen LogP contribution is -2.29. The quantitative estimate of drug-likeness (QED) is 0.900. The molecule has 0 aliphatic carbocycles. The van der Waals surface area contributed by atoms with Crippen LogP contribution in [0.5, 0.6) is 0 Å². The topological polar surface area (TPSA) is 85.8 Å². The molecular weight excluding hydrogens is 274 g/mol. The average Bonchev–Trinajstić information content (AvgIpc) is 2.95. The van der Waals surface area contributed by atoms with Crippen molar-refractivity contribution in [2.24, 2.45) is 7.05 Å². The third-order valence-electron chi connectivity index (χ3n) is 3.12. The minimum atomic E-state index is -0.230. The van der Waals surface area contributed by atoms with Crippen LogP contribution in [0, 0.1) is 6.92 Å². The summed E-state index contributed by atoms with van der Waals surface area (Å²) in [5, 5.41) is 7.96. The number of aryl methyl sites for hydroxylation is 3. The van der Waals surface area contributed by atoms with Crippen LogP contribution < -0.4 is 11.1 Å². The second kappa shape index (κ2) is 5.62. The number of amides is 1. The first-order valence-electron chi connectivity index (χ1n) is 6.48. The third-order valence-corrected chi connectivity index (χ3v) is 4.45. The summed E-state index contributed by atoms with van der Waals surface area (Å²) in [5.74, 6) is -0.230. The van der Waals surface area contributed by atoms with Crippen LogP contribution in [0.15, 0.2) is 6.20 Å². The number of hydrogen-bond donors (Lipinski definition) is 2. The van der Waals surface area contributed by atoms with Gasteiger partial charge in [-0.05, 0) is 20.3 Å². The van der Waals surface area contributed by atoms with Crippen molar-refractivity contribution in [1.29, 1.82) is 0 Å². The number of rotatable bonds is 4. The number of nitrogens with one attached hydrogen (secondary N) is 1. The number of carbonyl (C=O) groups is 1. The van der Waals surface area contributed by atoms with Gasteiger partial charge < -0.3 is 11.1 Å². The molecule has 108 valence electrons. The number of hydrogen-bond acceptors (Lipinski definition) is 5. The van der Waals surface area contributed by atoms with Gasteiger partial charge in [0.1, 0.15) is 10.7 Å². The van der Waals surface area contributed by atoms with Crippen LogP contribution in [0.2, 0.25) is 0 Å². The second-order valence-corrected chi connectivity index (χ2v) is 5.83. The predicted molar refractivity (Wildman–Crippen MR) is 79.7 cm³/mol. The minimum absolute atomic E-state index is 0.151. The number of nitrogen functional groups attached to an aromatic ring is 1. The van der Waals surface area contributed by atoms with E-state index in [1.807, 2.05) is 13.1 Å². The SMILES string of the molecule is CCc1cnc(C(C)NC(=O)c2c(N)c(C)nn2C)s1. The first-order valence-corrected chi connectivity index (χ1v) is 7.30. The van der Waals surface area contributed by atoms with Crippen LogP contribution >= 0.6 is 11.3 Å². The van der Waals surface area contributed by atoms with Gasteiger partial charge in [-0.1, -0.05) is 6.92 Å². The van der Waals surface area contributed by atoms with Gasteiger partial charge in [0, 0.05) is 18.1 Å². The lowest BCUT2D eigenvalue weighted by molar-refractivity contribution is 0.0931. The molecule has 0 aliphatic rings. The highest BCUT2D eigenvalue weighted by Crippen LogP contribution is 2.21. The van der Waals surface area contributed by atoms with Crippen molar-refractivity contribution in [2.75, 3.05) is 5.73 Å². The summed E-state index contributed by atoms with van der Waals surface area (Å²) >= 11 is 1.61. The van der Waals surface area contributed by atoms with E-state index in [1.54, 1.807) is 25.3 Å². The molecule has 2 aromatic rings. The molecule has 0 aromatic carbocycles. The van der Waals surface area contributed by atoms with E-state index < -0.39 is 0 Å². The van der Waals surface area contributed by atoms with Crippen LogP contribution in [0.3, 0.4) is 0 Å². The van der Waals surface area contributed by atoms with E-state index in [4.69, 9.17) is 5.73 Å². The van der Waals surface area contributed by atoms with E-state index in [1.165, 1.54) is 9.56 Å². The van der Waals surface area contributed by atoms with E-state index in [0.29, 0.717) is 17.1 Å². The third kappa shape index (κ3) is 2.67. The van der Waals surface area contributed by atoms with Crippen molar-refractivity contribution in [1.82, 2.24) is 20.1 Å². The molecule has 1 amide bonds. The Hall–Kier alpha value is -1.89. The van der Waals surface area contributed by atoms with Crippen molar-refractivity contribution in [2.45, 2.75) is 33.2 Å². The zero-order chi connectivity index (χ0) is 14.9. The maximum Gasteiger partial charge on any atom is 0.272 e. The highest BCUT2D eigenvalue weighted by atomic mass is 32.1. The van der Waals surface area contributed by atoms with E-state index >= 15 is 0 Å². The summed E-state index contributed by atoms with van der Waals surface area (Å²) in [6, 6.07) is -0.151. The fraction of sp³-hybridized carbons (Fsp3) is 0.462. The molecule has 0 saturated carbocycles. The Bertz CT molecular complexity index is 631. The highest BCUT2D eigenvalue weighted by molar-refractivity contribution is 7.11. The van der Waals surface area contributed by atoms with Gasteiger partial charge in [0.05, 0.1) is 17.4 Å². The molecule has 6 nitrogen and oxygen atoms in total. The van der Waals surface area contributed by atoms with Gasteiger partial charge in [-0.3, -0.25) is 9.48 Å². The Labute approximate surface area is 122 Å². The molecule has 0 spiro atoms. The van der Waals surface area contributed by atoms with Crippen LogP contribution in [0.25, 0.3) is 0 Å². The Morgan fingerprint density at radius 2 is 2.30 bits per heavy atom. The van der Waals surface area contributed by atoms with Gasteiger partial charge in [-0.15, -0.1) is 11.3 Å². The van der Waals surface area contributed by atoms with E-state index in [0.717, 1.165) is 11.4 Å². The molecule has 3 N–H and O–H groups in total. The molecule has 0 saturated heterocycles. The summed E-state index contributed by atoms with van der Waals surface area (Å²) in [6.07, 6.45) is 2.80. The number of carbonyl (C=O) groups excluding carboxylic acids is 1. The van der Waals surface area contributed by atoms with Crippen LogP contribution in [0.4, 0.5) is 5.69 Å². The summed E-state index contributed by atoms with van der Waals surface area (Å²) < 4.78 is 1.51. The van der Waals surface area contributed by atoms with Gasteiger partial charge >= 0.3 is 0 Å². The highest BCUT2D eigenvalue weighted by Gasteiger charge is 2.21. The zero-order valence-corrected chi connectivity index (χ0v) is 12.9. The van der Waals surface area contributed by atoms with E-state index in [-0.39, 0.29) is 11.9 Å². The normalized spacial score (nSPS) is 12.4. The number of aromatic nitrogens is 3. The average molecular weight is 293 g/mol. The standard InChI is InChI=1S/C13H19N5OS/c1-5-9-6-15-13(20-9)8(3)16-12(19)11-10(14)7(2)17-18(11)4/h6,8H,5,14H2,1-4H3,(H,16,19). The lowest BCUT2D eigenvalue weighted by atomic mass is 10.2. The van der Waals surface area contributed by atoms with Gasteiger partial charge in [-0.2, -0.15) is 5.10 Å². The van der Waals surface area contributed by atoms with E-state index in [2.05, 4.69) is 22.3 Å². The fourth-order valence-electron chi connectivity index (χ4n) is 1.96. The Morgan fingerprint density at radius 1 is 1.60 bits per heavy atom. The van der Waals surface area contributed by atoms with Gasteiger partial charge in [0.25, 0.3) is 5.91 Å². The molecule has 2 heterocycles. The van der Waals surface area contributed by atoms with Gasteiger partial charge in [-0.25, -0.2) is 4.98 Å². The molecule has 0 aliphatic heterocycles. The summed E-state index contributed by atoms with van der Waals surface area (Å²) in [7, 11) is 1.71. The molecule has 20 heavy (non-hydrogen) atoms. The fourth-order valence-corrected chi connectivity index (χ4v) is 2.82. The summed E-state index contributed by atoms with van der Waals surface area (Å²) in [4.78, 5) is 17.8. The maximum atomic E-state index is 12.3. The number of nitrogens with two attached hydrogens (primary N) is 1. The van der Waals surface area contributed by atoms with Crippen molar-refractivity contribution < 1.29 is 4.79 Å². The summed E-state index contributed by atoms with van der Waals surface area (Å²) in [6.45, 7) is 5.78. The number of anilines is 1. The summed E-state index contributed by atoms with van der Waals surface area (Å²) in [5.41, 5.74) is 7.36. The molecule has 1 unspecified atom stereocenters. The zero-order valence-electron chi connectivity index (χ0n) is 12.1. The Kier molecular flexibility index (Phi) is 4.08. The lowest BCUT2D eigenvalue weighted by Gasteiger charge is -2.11. The van der Waals surface area contributed by atoms with Gasteiger partial charge in [0.15, 0.2) is 0 Å². The van der Waals surface area contributed by atoms with Crippen molar-refractivity contribution in [3.05, 3.63) is 27.5 Å². The molecule has 2 rings (SSSR count). The first kappa shape index (κ1) is 14.5. The Morgan fingerprint density at radius 3 is 2.80 bits per heavy atom.